The van der Waals surface area contributed by atoms with E-state index in [1.54, 1.807) is 0 Å². The lowest BCUT2D eigenvalue weighted by Gasteiger charge is -2.28. The fourth-order valence-electron chi connectivity index (χ4n) is 2.01. The van der Waals surface area contributed by atoms with Gasteiger partial charge in [0.1, 0.15) is 0 Å². The van der Waals surface area contributed by atoms with Crippen LogP contribution < -0.4 is 5.32 Å². The largest absolute Gasteiger partial charge is 0.382 e. The predicted octanol–water partition coefficient (Wildman–Crippen LogP) is 5.48. The molecule has 0 aromatic heterocycles. The van der Waals surface area contributed by atoms with E-state index >= 15 is 0 Å². The summed E-state index contributed by atoms with van der Waals surface area (Å²) in [5.74, 6) is 0. The van der Waals surface area contributed by atoms with Gasteiger partial charge in [0, 0.05) is 11.4 Å². The van der Waals surface area contributed by atoms with Gasteiger partial charge < -0.3 is 5.32 Å². The lowest BCUT2D eigenvalue weighted by molar-refractivity contribution is 0.728. The third-order valence-electron chi connectivity index (χ3n) is 3.33. The van der Waals surface area contributed by atoms with E-state index in [-0.39, 0.29) is 0 Å². The summed E-state index contributed by atoms with van der Waals surface area (Å²) in [5.41, 5.74) is 1.74. The van der Waals surface area contributed by atoms with E-state index in [0.29, 0.717) is 5.67 Å². The Hall–Kier alpha value is -1.02. The summed E-state index contributed by atoms with van der Waals surface area (Å²) in [7, 11) is -1.24. The molecule has 1 aromatic rings. The number of hydrogen-bond donors (Lipinski definition) is 1. The topological polar surface area (TPSA) is 12.0 Å². The fourth-order valence-corrected chi connectivity index (χ4v) is 3.32. The van der Waals surface area contributed by atoms with Crippen LogP contribution in [0.25, 0.3) is 0 Å². The minimum atomic E-state index is -1.24. The normalized spacial score (nSPS) is 13.7. The second kappa shape index (κ2) is 8.21. The predicted molar refractivity (Wildman–Crippen MR) is 90.5 cm³/mol. The Labute approximate surface area is 120 Å². The van der Waals surface area contributed by atoms with Crippen molar-refractivity contribution in [3.63, 3.8) is 0 Å². The zero-order valence-corrected chi connectivity index (χ0v) is 13.9. The zero-order valence-electron chi connectivity index (χ0n) is 12.9. The number of para-hydroxylation sites is 1. The quantitative estimate of drug-likeness (QED) is 0.376. The Morgan fingerprint density at radius 2 is 1.79 bits per heavy atom. The van der Waals surface area contributed by atoms with Gasteiger partial charge in [-0.15, -0.1) is 0 Å². The van der Waals surface area contributed by atoms with E-state index in [0.717, 1.165) is 0 Å². The lowest BCUT2D eigenvalue weighted by Crippen LogP contribution is -2.42. The maximum atomic E-state index is 3.68. The van der Waals surface area contributed by atoms with E-state index in [4.69, 9.17) is 0 Å². The maximum absolute atomic E-state index is 3.68. The standard InChI is InChI=1S/C17H29NSi/c1-5-6-7-8-12-15-17(19(2,3)4)18-16-13-10-9-11-14-16/h9-15,17-18H,5-8H2,1-4H3. The Morgan fingerprint density at radius 1 is 1.11 bits per heavy atom. The van der Waals surface area contributed by atoms with Crippen molar-refractivity contribution in [2.45, 2.75) is 57.9 Å². The molecule has 0 spiro atoms. The van der Waals surface area contributed by atoms with E-state index in [9.17, 15) is 0 Å². The molecule has 1 rings (SSSR count). The molecular formula is C17H29NSi. The Balaban J connectivity index is 2.58. The third-order valence-corrected chi connectivity index (χ3v) is 5.53. The minimum Gasteiger partial charge on any atom is -0.382 e. The second-order valence-electron chi connectivity index (χ2n) is 6.28. The summed E-state index contributed by atoms with van der Waals surface area (Å²) in [5, 5.41) is 3.68. The SMILES string of the molecule is CCCCCC=CC(Nc1ccccc1)[Si](C)(C)C. The smallest absolute Gasteiger partial charge is 0.0750 e. The van der Waals surface area contributed by atoms with Gasteiger partial charge in [0.25, 0.3) is 0 Å². The highest BCUT2D eigenvalue weighted by Crippen LogP contribution is 2.16. The molecule has 1 unspecified atom stereocenters. The van der Waals surface area contributed by atoms with Crippen molar-refractivity contribution in [3.05, 3.63) is 42.5 Å². The van der Waals surface area contributed by atoms with Crippen LogP contribution in [0.2, 0.25) is 19.6 Å². The van der Waals surface area contributed by atoms with Crippen molar-refractivity contribution in [2.24, 2.45) is 0 Å². The number of rotatable bonds is 8. The van der Waals surface area contributed by atoms with Crippen molar-refractivity contribution >= 4 is 13.8 Å². The highest BCUT2D eigenvalue weighted by Gasteiger charge is 2.24. The summed E-state index contributed by atoms with van der Waals surface area (Å²) >= 11 is 0. The molecule has 2 heteroatoms. The molecule has 0 amide bonds. The molecule has 0 saturated heterocycles. The van der Waals surface area contributed by atoms with Gasteiger partial charge in [-0.25, -0.2) is 0 Å². The van der Waals surface area contributed by atoms with E-state index in [1.165, 1.54) is 31.4 Å². The van der Waals surface area contributed by atoms with Crippen LogP contribution in [0.4, 0.5) is 5.69 Å². The molecule has 0 fully saturated rings. The van der Waals surface area contributed by atoms with Crippen molar-refractivity contribution < 1.29 is 0 Å². The molecular weight excluding hydrogens is 246 g/mol. The lowest BCUT2D eigenvalue weighted by atomic mass is 10.2. The zero-order chi connectivity index (χ0) is 14.1. The third kappa shape index (κ3) is 6.62. The Morgan fingerprint density at radius 3 is 2.37 bits per heavy atom. The van der Waals surface area contributed by atoms with Gasteiger partial charge in [-0.3, -0.25) is 0 Å². The van der Waals surface area contributed by atoms with Crippen LogP contribution in [-0.2, 0) is 0 Å². The number of nitrogens with one attached hydrogen (secondary N) is 1. The number of allylic oxidation sites excluding steroid dienone is 1. The van der Waals surface area contributed by atoms with E-state index in [2.05, 4.69) is 74.4 Å². The first-order valence-electron chi connectivity index (χ1n) is 7.52. The summed E-state index contributed by atoms with van der Waals surface area (Å²) in [4.78, 5) is 0. The molecule has 1 aromatic carbocycles. The molecule has 1 N–H and O–H groups in total. The van der Waals surface area contributed by atoms with Crippen LogP contribution in [0.1, 0.15) is 32.6 Å². The van der Waals surface area contributed by atoms with Gasteiger partial charge >= 0.3 is 0 Å². The van der Waals surface area contributed by atoms with Gasteiger partial charge in [0.05, 0.1) is 8.07 Å². The number of benzene rings is 1. The van der Waals surface area contributed by atoms with Crippen molar-refractivity contribution in [3.8, 4) is 0 Å². The molecule has 0 heterocycles. The average Bonchev–Trinajstić information content (AvgIpc) is 2.37. The number of anilines is 1. The van der Waals surface area contributed by atoms with Gasteiger partial charge in [0.2, 0.25) is 0 Å². The first-order valence-corrected chi connectivity index (χ1v) is 11.1. The van der Waals surface area contributed by atoms with Crippen molar-refractivity contribution in [2.75, 3.05) is 5.32 Å². The minimum absolute atomic E-state index is 0.511. The van der Waals surface area contributed by atoms with Gasteiger partial charge in [-0.2, -0.15) is 0 Å². The fraction of sp³-hybridized carbons (Fsp3) is 0.529. The average molecular weight is 276 g/mol. The van der Waals surface area contributed by atoms with E-state index in [1.807, 2.05) is 0 Å². The summed E-state index contributed by atoms with van der Waals surface area (Å²) < 4.78 is 0. The van der Waals surface area contributed by atoms with Gasteiger partial charge in [-0.05, 0) is 25.0 Å². The molecule has 0 aliphatic rings. The summed E-state index contributed by atoms with van der Waals surface area (Å²) in [6.45, 7) is 9.52. The van der Waals surface area contributed by atoms with Crippen LogP contribution in [-0.4, -0.2) is 13.7 Å². The molecule has 0 aliphatic heterocycles. The second-order valence-corrected chi connectivity index (χ2v) is 11.6. The molecule has 0 bridgehead atoms. The molecule has 106 valence electrons. The molecule has 0 aliphatic carbocycles. The number of unbranched alkanes of at least 4 members (excludes halogenated alkanes) is 3. The highest BCUT2D eigenvalue weighted by atomic mass is 28.3. The first kappa shape index (κ1) is 16.0. The van der Waals surface area contributed by atoms with Crippen LogP contribution in [0.3, 0.4) is 0 Å². The maximum Gasteiger partial charge on any atom is 0.0750 e. The monoisotopic (exact) mass is 275 g/mol. The Bertz CT molecular complexity index is 365. The molecule has 19 heavy (non-hydrogen) atoms. The highest BCUT2D eigenvalue weighted by molar-refractivity contribution is 6.78. The first-order chi connectivity index (χ1) is 9.04. The Kier molecular flexibility index (Phi) is 6.93. The van der Waals surface area contributed by atoms with Gasteiger partial charge in [-0.1, -0.05) is 69.8 Å². The van der Waals surface area contributed by atoms with Crippen molar-refractivity contribution in [1.82, 2.24) is 0 Å². The van der Waals surface area contributed by atoms with E-state index < -0.39 is 8.07 Å². The van der Waals surface area contributed by atoms with Crippen molar-refractivity contribution in [1.29, 1.82) is 0 Å². The molecule has 0 radical (unpaired) electrons. The van der Waals surface area contributed by atoms with Crippen LogP contribution in [0, 0.1) is 0 Å². The number of hydrogen-bond acceptors (Lipinski definition) is 1. The molecule has 1 atom stereocenters. The molecule has 1 nitrogen and oxygen atoms in total. The van der Waals surface area contributed by atoms with Crippen LogP contribution in [0.5, 0.6) is 0 Å². The summed E-state index contributed by atoms with van der Waals surface area (Å²) in [6, 6.07) is 10.6. The van der Waals surface area contributed by atoms with Crippen LogP contribution in [0.15, 0.2) is 42.5 Å². The van der Waals surface area contributed by atoms with Crippen LogP contribution >= 0.6 is 0 Å². The summed E-state index contributed by atoms with van der Waals surface area (Å²) in [6.07, 6.45) is 9.94. The van der Waals surface area contributed by atoms with Gasteiger partial charge in [0.15, 0.2) is 0 Å². The molecule has 0 saturated carbocycles.